The number of pyridine rings is 1. The second kappa shape index (κ2) is 8.71. The number of halogens is 2. The average molecular weight is 424 g/mol. The zero-order valence-corrected chi connectivity index (χ0v) is 17.1. The Bertz CT molecular complexity index is 1130. The number of nitrogens with zero attached hydrogens (tertiary/aromatic N) is 2. The highest BCUT2D eigenvalue weighted by Crippen LogP contribution is 2.32. The highest BCUT2D eigenvalue weighted by molar-refractivity contribution is 5.91. The number of hydrogen-bond acceptors (Lipinski definition) is 4. The van der Waals surface area contributed by atoms with Gasteiger partial charge >= 0.3 is 5.97 Å². The van der Waals surface area contributed by atoms with Gasteiger partial charge in [0.2, 0.25) is 0 Å². The third-order valence-corrected chi connectivity index (χ3v) is 5.44. The quantitative estimate of drug-likeness (QED) is 0.610. The Morgan fingerprint density at radius 1 is 1.16 bits per heavy atom. The lowest BCUT2D eigenvalue weighted by Gasteiger charge is -2.32. The molecule has 1 N–H and O–H groups in total. The molecule has 3 aromatic rings. The summed E-state index contributed by atoms with van der Waals surface area (Å²) in [4.78, 5) is 17.8. The van der Waals surface area contributed by atoms with E-state index in [1.165, 1.54) is 18.3 Å². The van der Waals surface area contributed by atoms with Gasteiger partial charge in [-0.3, -0.25) is 4.98 Å². The Balaban J connectivity index is 1.59. The molecule has 0 saturated heterocycles. The van der Waals surface area contributed by atoms with Crippen LogP contribution in [-0.2, 0) is 19.6 Å². The molecule has 0 amide bonds. The van der Waals surface area contributed by atoms with Gasteiger partial charge in [0, 0.05) is 36.5 Å². The predicted octanol–water partition coefficient (Wildman–Crippen LogP) is 4.90. The van der Waals surface area contributed by atoms with Gasteiger partial charge in [0.1, 0.15) is 24.0 Å². The van der Waals surface area contributed by atoms with Crippen LogP contribution in [0.4, 0.5) is 14.5 Å². The molecule has 2 heterocycles. The van der Waals surface area contributed by atoms with Crippen molar-refractivity contribution in [2.45, 2.75) is 32.9 Å². The number of aromatic nitrogens is 1. The summed E-state index contributed by atoms with van der Waals surface area (Å²) < 4.78 is 33.0. The molecule has 2 aromatic carbocycles. The Morgan fingerprint density at radius 3 is 2.77 bits per heavy atom. The SMILES string of the molecule is Cc1ccc(OCc2ccc(F)cc2F)c(CN2CCCc3c(C(=O)O)cncc32)c1. The maximum Gasteiger partial charge on any atom is 0.337 e. The number of carboxylic acid groups (broad SMARTS) is 1. The van der Waals surface area contributed by atoms with Gasteiger partial charge in [0.05, 0.1) is 17.4 Å². The first-order chi connectivity index (χ1) is 14.9. The van der Waals surface area contributed by atoms with Gasteiger partial charge in [-0.25, -0.2) is 13.6 Å². The van der Waals surface area contributed by atoms with Crippen molar-refractivity contribution < 1.29 is 23.4 Å². The minimum absolute atomic E-state index is 0.0243. The van der Waals surface area contributed by atoms with Crippen LogP contribution in [0.2, 0.25) is 0 Å². The number of carbonyl (C=O) groups is 1. The van der Waals surface area contributed by atoms with Crippen molar-refractivity contribution in [3.05, 3.63) is 88.2 Å². The van der Waals surface area contributed by atoms with Crippen molar-refractivity contribution in [1.29, 1.82) is 0 Å². The van der Waals surface area contributed by atoms with Crippen LogP contribution in [0.5, 0.6) is 5.75 Å². The number of benzene rings is 2. The molecule has 7 heteroatoms. The molecule has 0 aliphatic carbocycles. The number of aryl methyl sites for hydroxylation is 1. The van der Waals surface area contributed by atoms with Crippen LogP contribution in [0.3, 0.4) is 0 Å². The van der Waals surface area contributed by atoms with Crippen molar-refractivity contribution >= 4 is 11.7 Å². The number of carboxylic acids is 1. The van der Waals surface area contributed by atoms with Crippen molar-refractivity contribution in [3.8, 4) is 5.75 Å². The number of ether oxygens (including phenoxy) is 1. The van der Waals surface area contributed by atoms with Crippen LogP contribution in [0.15, 0.2) is 48.8 Å². The zero-order valence-electron chi connectivity index (χ0n) is 17.1. The third-order valence-electron chi connectivity index (χ3n) is 5.44. The summed E-state index contributed by atoms with van der Waals surface area (Å²) in [6, 6.07) is 9.16. The molecule has 1 aromatic heterocycles. The van der Waals surface area contributed by atoms with Crippen LogP contribution >= 0.6 is 0 Å². The normalized spacial score (nSPS) is 13.1. The lowest BCUT2D eigenvalue weighted by atomic mass is 9.98. The van der Waals surface area contributed by atoms with Gasteiger partial charge in [-0.2, -0.15) is 0 Å². The summed E-state index contributed by atoms with van der Waals surface area (Å²) in [7, 11) is 0. The van der Waals surface area contributed by atoms with Gasteiger partial charge in [-0.1, -0.05) is 17.7 Å². The lowest BCUT2D eigenvalue weighted by Crippen LogP contribution is -2.30. The molecular formula is C24H22F2N2O3. The molecule has 0 spiro atoms. The van der Waals surface area contributed by atoms with Crippen LogP contribution in [0, 0.1) is 18.6 Å². The summed E-state index contributed by atoms with van der Waals surface area (Å²) in [6.07, 6.45) is 4.62. The van der Waals surface area contributed by atoms with Crippen LogP contribution in [-0.4, -0.2) is 22.6 Å². The fraction of sp³-hybridized carbons (Fsp3) is 0.250. The maximum atomic E-state index is 14.0. The molecule has 0 bridgehead atoms. The minimum atomic E-state index is -0.980. The molecule has 0 radical (unpaired) electrons. The number of fused-ring (bicyclic) bond motifs is 1. The summed E-state index contributed by atoms with van der Waals surface area (Å²) in [5.74, 6) is -1.66. The monoisotopic (exact) mass is 424 g/mol. The van der Waals surface area contributed by atoms with Crippen LogP contribution < -0.4 is 9.64 Å². The van der Waals surface area contributed by atoms with Crippen LogP contribution in [0.1, 0.15) is 39.0 Å². The minimum Gasteiger partial charge on any atom is -0.488 e. The summed E-state index contributed by atoms with van der Waals surface area (Å²) in [6.45, 7) is 3.21. The maximum absolute atomic E-state index is 14.0. The largest absolute Gasteiger partial charge is 0.488 e. The molecule has 0 atom stereocenters. The Kier molecular flexibility index (Phi) is 5.84. The number of aromatic carboxylic acids is 1. The molecule has 1 aliphatic heterocycles. The van der Waals surface area contributed by atoms with Gasteiger partial charge in [0.15, 0.2) is 0 Å². The van der Waals surface area contributed by atoms with E-state index in [1.54, 1.807) is 6.20 Å². The molecule has 4 rings (SSSR count). The molecule has 31 heavy (non-hydrogen) atoms. The van der Waals surface area contributed by atoms with Crippen molar-refractivity contribution in [1.82, 2.24) is 4.98 Å². The smallest absolute Gasteiger partial charge is 0.337 e. The first-order valence-electron chi connectivity index (χ1n) is 10.0. The molecule has 1 aliphatic rings. The standard InChI is InChI=1S/C24H22F2N2O3/c1-15-4-7-23(31-14-16-5-6-18(25)10-21(16)26)17(9-15)13-28-8-2-3-19-20(24(29)30)11-27-12-22(19)28/h4-7,9-12H,2-3,8,13-14H2,1H3,(H,29,30). The highest BCUT2D eigenvalue weighted by Gasteiger charge is 2.23. The van der Waals surface area contributed by atoms with E-state index in [2.05, 4.69) is 9.88 Å². The highest BCUT2D eigenvalue weighted by atomic mass is 19.1. The number of rotatable bonds is 6. The molecule has 0 saturated carbocycles. The van der Waals surface area contributed by atoms with E-state index in [1.807, 2.05) is 25.1 Å². The summed E-state index contributed by atoms with van der Waals surface area (Å²) in [5, 5.41) is 9.48. The van der Waals surface area contributed by atoms with Crippen molar-refractivity contribution in [2.75, 3.05) is 11.4 Å². The molecule has 0 fully saturated rings. The number of hydrogen-bond donors (Lipinski definition) is 1. The van der Waals surface area contributed by atoms with E-state index in [9.17, 15) is 18.7 Å². The summed E-state index contributed by atoms with van der Waals surface area (Å²) >= 11 is 0. The van der Waals surface area contributed by atoms with E-state index < -0.39 is 17.6 Å². The topological polar surface area (TPSA) is 62.7 Å². The zero-order chi connectivity index (χ0) is 22.0. The third kappa shape index (κ3) is 4.50. The van der Waals surface area contributed by atoms with Gasteiger partial charge in [0.25, 0.3) is 0 Å². The average Bonchev–Trinajstić information content (AvgIpc) is 2.74. The first kappa shape index (κ1) is 20.8. The van der Waals surface area contributed by atoms with E-state index in [-0.39, 0.29) is 17.7 Å². The Labute approximate surface area is 178 Å². The van der Waals surface area contributed by atoms with Crippen LogP contribution in [0.25, 0.3) is 0 Å². The second-order valence-corrected chi connectivity index (χ2v) is 7.65. The molecule has 160 valence electrons. The summed E-state index contributed by atoms with van der Waals surface area (Å²) in [5.41, 5.74) is 4.04. The van der Waals surface area contributed by atoms with Crippen molar-refractivity contribution in [2.24, 2.45) is 0 Å². The van der Waals surface area contributed by atoms with E-state index >= 15 is 0 Å². The Morgan fingerprint density at radius 2 is 2.00 bits per heavy atom. The van der Waals surface area contributed by atoms with E-state index in [4.69, 9.17) is 4.74 Å². The van der Waals surface area contributed by atoms with Gasteiger partial charge in [-0.15, -0.1) is 0 Å². The molecule has 5 nitrogen and oxygen atoms in total. The molecule has 0 unspecified atom stereocenters. The van der Waals surface area contributed by atoms with E-state index in [0.29, 0.717) is 18.7 Å². The first-order valence-corrected chi connectivity index (χ1v) is 10.0. The fourth-order valence-corrected chi connectivity index (χ4v) is 3.90. The predicted molar refractivity (Wildman–Crippen MR) is 112 cm³/mol. The number of anilines is 1. The van der Waals surface area contributed by atoms with Crippen molar-refractivity contribution in [3.63, 3.8) is 0 Å². The van der Waals surface area contributed by atoms with E-state index in [0.717, 1.165) is 41.4 Å². The second-order valence-electron chi connectivity index (χ2n) is 7.65. The Hall–Kier alpha value is -3.48. The van der Waals surface area contributed by atoms with Gasteiger partial charge in [-0.05, 0) is 43.5 Å². The fourth-order valence-electron chi connectivity index (χ4n) is 3.90. The van der Waals surface area contributed by atoms with Gasteiger partial charge < -0.3 is 14.7 Å². The molecular weight excluding hydrogens is 402 g/mol. The lowest BCUT2D eigenvalue weighted by molar-refractivity contribution is 0.0695.